The van der Waals surface area contributed by atoms with Crippen LogP contribution >= 0.6 is 0 Å². The summed E-state index contributed by atoms with van der Waals surface area (Å²) in [6.45, 7) is 0. The molecule has 0 spiro atoms. The maximum absolute atomic E-state index is 11.5. The molecule has 1 aromatic rings. The number of hydrogen-bond acceptors (Lipinski definition) is 2. The summed E-state index contributed by atoms with van der Waals surface area (Å²) in [5.41, 5.74) is 0.0875. The van der Waals surface area contributed by atoms with Gasteiger partial charge in [0, 0.05) is 0 Å². The number of benzene rings is 1. The van der Waals surface area contributed by atoms with Crippen molar-refractivity contribution in [3.63, 3.8) is 0 Å². The highest BCUT2D eigenvalue weighted by molar-refractivity contribution is 8.04. The minimum absolute atomic E-state index is 0.0875. The van der Waals surface area contributed by atoms with E-state index in [4.69, 9.17) is 0 Å². The molecule has 4 N–H and O–H groups in total. The molecular weight excluding hydrogens is 194 g/mol. The van der Waals surface area contributed by atoms with E-state index in [1.165, 1.54) is 18.2 Å². The van der Waals surface area contributed by atoms with E-state index in [1.807, 2.05) is 0 Å². The van der Waals surface area contributed by atoms with Crippen molar-refractivity contribution in [3.8, 4) is 0 Å². The van der Waals surface area contributed by atoms with E-state index in [-0.39, 0.29) is 10.5 Å². The maximum Gasteiger partial charge on any atom is 0.359 e. The quantitative estimate of drug-likeness (QED) is 0.526. The van der Waals surface area contributed by atoms with Crippen molar-refractivity contribution in [1.82, 2.24) is 0 Å². The van der Waals surface area contributed by atoms with Crippen LogP contribution in [0.1, 0.15) is 10.4 Å². The first-order valence-electron chi connectivity index (χ1n) is 3.54. The number of hydrogen-bond donors (Lipinski definition) is 3. The molecule has 0 aliphatic carbocycles. The molecule has 1 aromatic carbocycles. The van der Waals surface area contributed by atoms with Crippen LogP contribution in [0.4, 0.5) is 0 Å². The van der Waals surface area contributed by atoms with Crippen LogP contribution in [-0.4, -0.2) is 19.2 Å². The Labute approximate surface area is 74.0 Å². The summed E-state index contributed by atoms with van der Waals surface area (Å²) in [5, 5.41) is 0. The highest BCUT2D eigenvalue weighted by Crippen LogP contribution is 2.28. The van der Waals surface area contributed by atoms with Gasteiger partial charge < -0.3 is 0 Å². The molecule has 1 aliphatic rings. The second-order valence-electron chi connectivity index (χ2n) is 2.90. The molecule has 1 aliphatic heterocycles. The Morgan fingerprint density at radius 3 is 2.46 bits per heavy atom. The smallest absolute Gasteiger partial charge is 0.265 e. The minimum atomic E-state index is -4.97. The van der Waals surface area contributed by atoms with Crippen LogP contribution in [0.15, 0.2) is 29.2 Å². The zero-order chi connectivity index (χ0) is 9.71. The van der Waals surface area contributed by atoms with Crippen molar-refractivity contribution < 1.29 is 22.8 Å². The van der Waals surface area contributed by atoms with E-state index >= 15 is 0 Å². The molecule has 0 saturated carbocycles. The highest BCUT2D eigenvalue weighted by atomic mass is 32.3. The number of carbonyl (C=O) groups excluding carboxylic acids is 1. The van der Waals surface area contributed by atoms with Crippen molar-refractivity contribution >= 4 is 15.7 Å². The molecular formula is C7H8NO4S+. The lowest BCUT2D eigenvalue weighted by Crippen LogP contribution is -2.96. The Hall–Kier alpha value is -1.08. The molecule has 0 unspecified atom stereocenters. The zero-order valence-electron chi connectivity index (χ0n) is 6.51. The normalized spacial score (nSPS) is 26.0. The van der Waals surface area contributed by atoms with Crippen LogP contribution in [0.5, 0.6) is 0 Å². The van der Waals surface area contributed by atoms with E-state index in [0.29, 0.717) is 4.72 Å². The first kappa shape index (κ1) is 8.52. The number of amides is 1. The van der Waals surface area contributed by atoms with Gasteiger partial charge in [0.25, 0.3) is 0 Å². The largest absolute Gasteiger partial charge is 0.359 e. The zero-order valence-corrected chi connectivity index (χ0v) is 7.32. The molecule has 0 atom stereocenters. The lowest BCUT2D eigenvalue weighted by atomic mass is 10.2. The summed E-state index contributed by atoms with van der Waals surface area (Å²) < 4.78 is 30.6. The Morgan fingerprint density at radius 2 is 1.85 bits per heavy atom. The molecule has 1 heterocycles. The van der Waals surface area contributed by atoms with Gasteiger partial charge in [0.15, 0.2) is 0 Å². The lowest BCUT2D eigenvalue weighted by molar-refractivity contribution is -0.409. The monoisotopic (exact) mass is 202 g/mol. The molecule has 0 aromatic heterocycles. The van der Waals surface area contributed by atoms with Gasteiger partial charge in [-0.3, -0.25) is 9.11 Å². The average Bonchev–Trinajstić information content (AvgIpc) is 2.20. The number of carbonyl (C=O) groups is 1. The van der Waals surface area contributed by atoms with Crippen LogP contribution in [-0.2, 0) is 9.81 Å². The summed E-state index contributed by atoms with van der Waals surface area (Å²) in [6, 6.07) is 5.73. The average molecular weight is 202 g/mol. The van der Waals surface area contributed by atoms with E-state index in [0.717, 1.165) is 0 Å². The molecule has 70 valence electrons. The van der Waals surface area contributed by atoms with Crippen molar-refractivity contribution in [2.45, 2.75) is 4.90 Å². The Bertz CT molecular complexity index is 461. The van der Waals surface area contributed by atoms with Gasteiger partial charge in [0.2, 0.25) is 9.81 Å². The topological polar surface area (TPSA) is 91.2 Å². The Kier molecular flexibility index (Phi) is 1.34. The molecule has 0 radical (unpaired) electrons. The Morgan fingerprint density at radius 1 is 1.23 bits per heavy atom. The molecule has 13 heavy (non-hydrogen) atoms. The lowest BCUT2D eigenvalue weighted by Gasteiger charge is -2.20. The summed E-state index contributed by atoms with van der Waals surface area (Å²) in [5.74, 6) is -0.613. The van der Waals surface area contributed by atoms with Gasteiger partial charge >= 0.3 is 5.91 Å². The van der Waals surface area contributed by atoms with Crippen molar-refractivity contribution in [2.75, 3.05) is 0 Å². The van der Waals surface area contributed by atoms with Gasteiger partial charge in [-0.2, -0.15) is 8.93 Å². The van der Waals surface area contributed by atoms with Crippen LogP contribution in [0, 0.1) is 0 Å². The third kappa shape index (κ3) is 1.11. The van der Waals surface area contributed by atoms with Crippen LogP contribution in [0.2, 0.25) is 0 Å². The maximum atomic E-state index is 11.5. The third-order valence-corrected chi connectivity index (χ3v) is 3.71. The van der Waals surface area contributed by atoms with E-state index < -0.39 is 15.7 Å². The predicted molar refractivity (Wildman–Crippen MR) is 44.4 cm³/mol. The molecule has 0 saturated heterocycles. The molecule has 5 nitrogen and oxygen atoms in total. The first-order chi connectivity index (χ1) is 5.88. The van der Waals surface area contributed by atoms with Crippen LogP contribution in [0.25, 0.3) is 0 Å². The summed E-state index contributed by atoms with van der Waals surface area (Å²) >= 11 is 0. The summed E-state index contributed by atoms with van der Waals surface area (Å²) in [4.78, 5) is 10.9. The molecule has 2 rings (SSSR count). The second kappa shape index (κ2) is 2.05. The molecule has 1 amide bonds. The third-order valence-electron chi connectivity index (χ3n) is 1.89. The van der Waals surface area contributed by atoms with Gasteiger partial charge in [-0.05, 0) is 12.1 Å². The number of nitrogens with two attached hydrogens (primary N) is 1. The van der Waals surface area contributed by atoms with Crippen LogP contribution < -0.4 is 4.72 Å². The highest BCUT2D eigenvalue weighted by Gasteiger charge is 2.49. The Balaban J connectivity index is 2.83. The fourth-order valence-electron chi connectivity index (χ4n) is 1.32. The SMILES string of the molecule is O=C1[NH2+]S(=O)(O)(O)c2ccccc21. The van der Waals surface area contributed by atoms with Gasteiger partial charge in [0.1, 0.15) is 10.5 Å². The number of primary amides is 1. The number of rotatable bonds is 0. The van der Waals surface area contributed by atoms with E-state index in [9.17, 15) is 18.1 Å². The van der Waals surface area contributed by atoms with E-state index in [2.05, 4.69) is 0 Å². The fourth-order valence-corrected chi connectivity index (χ4v) is 2.88. The summed E-state index contributed by atoms with van der Waals surface area (Å²) in [6.07, 6.45) is 0. The molecule has 6 heteroatoms. The number of fused-ring (bicyclic) bond motifs is 1. The summed E-state index contributed by atoms with van der Waals surface area (Å²) in [7, 11) is -4.97. The second-order valence-corrected chi connectivity index (χ2v) is 5.42. The molecule has 0 bridgehead atoms. The standard InChI is InChI=1S/C7H7NO4S/c9-7-5-3-1-2-4-6(5)13(10,11,12)8-7/h1-4H,(H3,8,9,10,11,12)/p+1. The minimum Gasteiger partial charge on any atom is -0.265 e. The van der Waals surface area contributed by atoms with Gasteiger partial charge in [-0.15, -0.1) is 0 Å². The fraction of sp³-hybridized carbons (Fsp3) is 0. The van der Waals surface area contributed by atoms with Gasteiger partial charge in [-0.25, -0.2) is 4.79 Å². The number of quaternary nitrogens is 1. The van der Waals surface area contributed by atoms with Crippen molar-refractivity contribution in [3.05, 3.63) is 29.8 Å². The predicted octanol–water partition coefficient (Wildman–Crippen LogP) is -0.556. The molecule has 0 fully saturated rings. The van der Waals surface area contributed by atoms with Crippen molar-refractivity contribution in [1.29, 1.82) is 0 Å². The van der Waals surface area contributed by atoms with Crippen LogP contribution in [0.3, 0.4) is 0 Å². The van der Waals surface area contributed by atoms with Gasteiger partial charge in [0.05, 0.1) is 0 Å². The van der Waals surface area contributed by atoms with E-state index in [1.54, 1.807) is 6.07 Å². The van der Waals surface area contributed by atoms with Crippen molar-refractivity contribution in [2.24, 2.45) is 0 Å². The van der Waals surface area contributed by atoms with Gasteiger partial charge in [-0.1, -0.05) is 12.1 Å². The first-order valence-corrected chi connectivity index (χ1v) is 5.49.